The number of aromatic hydroxyl groups is 2. The molecule has 2 N–H and O–H groups in total. The van der Waals surface area contributed by atoms with Crippen molar-refractivity contribution in [2.24, 2.45) is 0 Å². The number of nitrogens with zero attached hydrogens (tertiary/aromatic N) is 1. The Balaban J connectivity index is 3.46. The zero-order valence-electron chi connectivity index (χ0n) is 5.60. The molecule has 1 heterocycles. The molecule has 0 amide bonds. The molecule has 3 nitrogen and oxygen atoms in total. The van der Waals surface area contributed by atoms with Crippen LogP contribution in [-0.4, -0.2) is 23.0 Å². The van der Waals surface area contributed by atoms with E-state index < -0.39 is 0 Å². The van der Waals surface area contributed by atoms with Crippen molar-refractivity contribution in [1.29, 1.82) is 0 Å². The van der Waals surface area contributed by atoms with Crippen molar-refractivity contribution in [3.8, 4) is 11.6 Å². The van der Waals surface area contributed by atoms with Gasteiger partial charge in [0.1, 0.15) is 23.2 Å². The Labute approximate surface area is 77.6 Å². The predicted octanol–water partition coefficient (Wildman–Crippen LogP) is 0.167. The highest BCUT2D eigenvalue weighted by atomic mass is 79.9. The largest absolute Gasteiger partial charge is 0.507 e. The Morgan fingerprint density at radius 3 is 2.55 bits per heavy atom. The molecule has 1 rings (SSSR count). The molecule has 11 heavy (non-hydrogen) atoms. The van der Waals surface area contributed by atoms with Crippen molar-refractivity contribution >= 4 is 40.8 Å². The summed E-state index contributed by atoms with van der Waals surface area (Å²) in [6.45, 7) is 0. The third-order valence-corrected chi connectivity index (χ3v) is 2.39. The summed E-state index contributed by atoms with van der Waals surface area (Å²) >= 11 is 8.51. The van der Waals surface area contributed by atoms with Gasteiger partial charge in [0, 0.05) is 0 Å². The first-order valence-corrected chi connectivity index (χ1v) is 3.94. The molecule has 6 heteroatoms. The molecule has 1 aromatic rings. The van der Waals surface area contributed by atoms with Crippen molar-refractivity contribution < 1.29 is 10.2 Å². The molecular formula is C5H4BBrClNO2. The van der Waals surface area contributed by atoms with Crippen LogP contribution in [0.15, 0.2) is 4.60 Å². The van der Waals surface area contributed by atoms with E-state index in [2.05, 4.69) is 20.9 Å². The number of halogens is 2. The summed E-state index contributed by atoms with van der Waals surface area (Å²) in [5, 5.41) is 18.1. The van der Waals surface area contributed by atoms with Crippen LogP contribution in [0.25, 0.3) is 0 Å². The molecule has 0 saturated heterocycles. The van der Waals surface area contributed by atoms with Gasteiger partial charge < -0.3 is 10.2 Å². The van der Waals surface area contributed by atoms with E-state index in [9.17, 15) is 5.11 Å². The second-order valence-corrected chi connectivity index (χ2v) is 3.14. The Hall–Kier alpha value is -0.415. The minimum atomic E-state index is -0.373. The lowest BCUT2D eigenvalue weighted by molar-refractivity contribution is 0.436. The lowest BCUT2D eigenvalue weighted by atomic mass is 9.98. The molecule has 0 fully saturated rings. The van der Waals surface area contributed by atoms with Gasteiger partial charge in [-0.1, -0.05) is 11.6 Å². The van der Waals surface area contributed by atoms with E-state index in [1.165, 1.54) is 0 Å². The average molecular weight is 236 g/mol. The van der Waals surface area contributed by atoms with E-state index in [-0.39, 0.29) is 16.7 Å². The van der Waals surface area contributed by atoms with Crippen LogP contribution in [-0.2, 0) is 0 Å². The third kappa shape index (κ3) is 1.44. The third-order valence-electron chi connectivity index (χ3n) is 1.27. The highest BCUT2D eigenvalue weighted by molar-refractivity contribution is 9.10. The minimum Gasteiger partial charge on any atom is -0.507 e. The molecule has 0 saturated carbocycles. The lowest BCUT2D eigenvalue weighted by Crippen LogP contribution is -2.07. The average Bonchev–Trinajstić information content (AvgIpc) is 1.97. The fraction of sp³-hybridized carbons (Fsp3) is 0. The molecule has 0 spiro atoms. The fourth-order valence-electron chi connectivity index (χ4n) is 0.594. The Bertz CT molecular complexity index is 281. The van der Waals surface area contributed by atoms with Crippen LogP contribution in [0.2, 0.25) is 5.02 Å². The SMILES string of the molecule is Bc1c(Br)nc(O)c(Cl)c1O. The van der Waals surface area contributed by atoms with Crippen LogP contribution >= 0.6 is 27.5 Å². The molecule has 0 aliphatic rings. The zero-order chi connectivity index (χ0) is 8.59. The molecule has 0 aliphatic carbocycles. The maximum atomic E-state index is 9.21. The lowest BCUT2D eigenvalue weighted by Gasteiger charge is -2.03. The topological polar surface area (TPSA) is 53.4 Å². The van der Waals surface area contributed by atoms with Gasteiger partial charge in [-0.15, -0.1) is 0 Å². The predicted molar refractivity (Wildman–Crippen MR) is 48.5 cm³/mol. The van der Waals surface area contributed by atoms with Gasteiger partial charge in [0.15, 0.2) is 0 Å². The number of aromatic nitrogens is 1. The summed E-state index contributed by atoms with van der Waals surface area (Å²) < 4.78 is 0.386. The van der Waals surface area contributed by atoms with Crippen LogP contribution in [0.1, 0.15) is 0 Å². The fourth-order valence-corrected chi connectivity index (χ4v) is 1.13. The van der Waals surface area contributed by atoms with Gasteiger partial charge in [-0.2, -0.15) is 0 Å². The second-order valence-electron chi connectivity index (χ2n) is 2.01. The first-order chi connectivity index (χ1) is 5.04. The Morgan fingerprint density at radius 1 is 1.45 bits per heavy atom. The van der Waals surface area contributed by atoms with Crippen LogP contribution in [0.3, 0.4) is 0 Å². The van der Waals surface area contributed by atoms with Gasteiger partial charge in [0.25, 0.3) is 0 Å². The number of hydrogen-bond donors (Lipinski definition) is 2. The summed E-state index contributed by atoms with van der Waals surface area (Å²) in [6, 6.07) is 0. The van der Waals surface area contributed by atoms with E-state index in [1.807, 2.05) is 0 Å². The van der Waals surface area contributed by atoms with Gasteiger partial charge in [-0.05, 0) is 21.4 Å². The highest BCUT2D eigenvalue weighted by Crippen LogP contribution is 2.30. The van der Waals surface area contributed by atoms with Gasteiger partial charge in [0.05, 0.1) is 0 Å². The van der Waals surface area contributed by atoms with E-state index in [1.54, 1.807) is 7.85 Å². The van der Waals surface area contributed by atoms with E-state index in [0.717, 1.165) is 0 Å². The monoisotopic (exact) mass is 235 g/mol. The van der Waals surface area contributed by atoms with Gasteiger partial charge in [-0.25, -0.2) is 4.98 Å². The summed E-state index contributed by atoms with van der Waals surface area (Å²) in [5.74, 6) is -0.521. The summed E-state index contributed by atoms with van der Waals surface area (Å²) in [4.78, 5) is 3.61. The Kier molecular flexibility index (Phi) is 2.29. The van der Waals surface area contributed by atoms with Crippen LogP contribution in [0.5, 0.6) is 11.6 Å². The molecule has 58 valence electrons. The van der Waals surface area contributed by atoms with Crippen LogP contribution in [0.4, 0.5) is 0 Å². The number of rotatable bonds is 0. The first-order valence-electron chi connectivity index (χ1n) is 2.77. The molecule has 0 aromatic carbocycles. The first kappa shape index (κ1) is 8.68. The minimum absolute atomic E-state index is 0.120. The van der Waals surface area contributed by atoms with E-state index >= 15 is 0 Å². The van der Waals surface area contributed by atoms with Gasteiger partial charge >= 0.3 is 0 Å². The molecule has 0 atom stereocenters. The van der Waals surface area contributed by atoms with Gasteiger partial charge in [0.2, 0.25) is 5.88 Å². The van der Waals surface area contributed by atoms with E-state index in [0.29, 0.717) is 10.1 Å². The zero-order valence-corrected chi connectivity index (χ0v) is 7.94. The molecular weight excluding hydrogens is 232 g/mol. The van der Waals surface area contributed by atoms with Gasteiger partial charge in [-0.3, -0.25) is 0 Å². The van der Waals surface area contributed by atoms with Crippen molar-refractivity contribution in [3.63, 3.8) is 0 Å². The number of pyridine rings is 1. The van der Waals surface area contributed by atoms with Crippen molar-refractivity contribution in [2.45, 2.75) is 0 Å². The highest BCUT2D eigenvalue weighted by Gasteiger charge is 2.11. The summed E-state index contributed by atoms with van der Waals surface area (Å²) in [6.07, 6.45) is 0. The Morgan fingerprint density at radius 2 is 2.00 bits per heavy atom. The number of hydrogen-bond acceptors (Lipinski definition) is 3. The molecule has 0 radical (unpaired) electrons. The van der Waals surface area contributed by atoms with Crippen LogP contribution in [0, 0.1) is 0 Å². The maximum absolute atomic E-state index is 9.21. The van der Waals surface area contributed by atoms with E-state index in [4.69, 9.17) is 16.7 Å². The quantitative estimate of drug-likeness (QED) is 0.498. The second kappa shape index (κ2) is 2.91. The molecule has 0 aliphatic heterocycles. The molecule has 0 unspecified atom stereocenters. The normalized spacial score (nSPS) is 10.0. The van der Waals surface area contributed by atoms with Crippen molar-refractivity contribution in [3.05, 3.63) is 9.63 Å². The standard InChI is InChI=1S/C5H4BBrClNO2/c6-1-3(10)2(8)5(11)9-4(1)7/h6H2,(H2,9,10,11). The van der Waals surface area contributed by atoms with Crippen molar-refractivity contribution in [1.82, 2.24) is 4.98 Å². The summed E-state index contributed by atoms with van der Waals surface area (Å²) in [7, 11) is 1.64. The van der Waals surface area contributed by atoms with Crippen LogP contribution < -0.4 is 5.46 Å². The summed E-state index contributed by atoms with van der Waals surface area (Å²) in [5.41, 5.74) is 0.507. The molecule has 1 aromatic heterocycles. The molecule has 0 bridgehead atoms. The van der Waals surface area contributed by atoms with Crippen molar-refractivity contribution in [2.75, 3.05) is 0 Å². The smallest absolute Gasteiger partial charge is 0.235 e. The maximum Gasteiger partial charge on any atom is 0.235 e.